The third-order valence-corrected chi connectivity index (χ3v) is 5.14. The van der Waals surface area contributed by atoms with E-state index >= 15 is 0 Å². The Labute approximate surface area is 186 Å². The number of nitrogens with zero attached hydrogens (tertiary/aromatic N) is 2. The number of unbranched alkanes of at least 4 members (excludes halogenated alkanes) is 13. The van der Waals surface area contributed by atoms with Gasteiger partial charge in [0.25, 0.3) is 0 Å². The van der Waals surface area contributed by atoms with Crippen molar-refractivity contribution in [3.8, 4) is 0 Å². The van der Waals surface area contributed by atoms with E-state index in [0.717, 1.165) is 32.4 Å². The molecule has 6 heteroatoms. The normalized spacial score (nSPS) is 11.8. The highest BCUT2D eigenvalue weighted by atomic mass is 15.1. The van der Waals surface area contributed by atoms with Crippen LogP contribution in [0, 0.1) is 0 Å². The van der Waals surface area contributed by atoms with Crippen LogP contribution in [0.5, 0.6) is 0 Å². The molecular formula is C24H50N6. The Morgan fingerprint density at radius 1 is 0.633 bits per heavy atom. The summed E-state index contributed by atoms with van der Waals surface area (Å²) < 4.78 is 0. The number of nitrogens with one attached hydrogen (secondary N) is 1. The number of rotatable bonds is 21. The molecule has 0 spiro atoms. The zero-order valence-corrected chi connectivity index (χ0v) is 19.7. The summed E-state index contributed by atoms with van der Waals surface area (Å²) in [7, 11) is 0. The van der Waals surface area contributed by atoms with E-state index in [2.05, 4.69) is 34.4 Å². The van der Waals surface area contributed by atoms with Gasteiger partial charge in [-0.15, -0.1) is 0 Å². The van der Waals surface area contributed by atoms with Gasteiger partial charge in [-0.05, 0) is 44.9 Å². The minimum absolute atomic E-state index is 0.152. The first-order valence-electron chi connectivity index (χ1n) is 12.4. The highest BCUT2D eigenvalue weighted by Crippen LogP contribution is 2.09. The number of hydrogen-bond acceptors (Lipinski definition) is 2. The van der Waals surface area contributed by atoms with Crippen LogP contribution in [0.1, 0.15) is 110 Å². The molecule has 0 heterocycles. The average Bonchev–Trinajstić information content (AvgIpc) is 2.72. The zero-order valence-electron chi connectivity index (χ0n) is 19.7. The van der Waals surface area contributed by atoms with E-state index in [1.54, 1.807) is 0 Å². The Morgan fingerprint density at radius 2 is 1.13 bits per heavy atom. The molecule has 0 unspecified atom stereocenters. The Kier molecular flexibility index (Phi) is 22.2. The first-order chi connectivity index (χ1) is 14.7. The van der Waals surface area contributed by atoms with E-state index in [1.807, 2.05) is 0 Å². The summed E-state index contributed by atoms with van der Waals surface area (Å²) in [6, 6.07) is 0. The lowest BCUT2D eigenvalue weighted by molar-refractivity contribution is 0.599. The molecule has 0 radical (unpaired) electrons. The van der Waals surface area contributed by atoms with Crippen molar-refractivity contribution in [3.63, 3.8) is 0 Å². The molecule has 0 amide bonds. The van der Waals surface area contributed by atoms with Crippen LogP contribution in [0.25, 0.3) is 0 Å². The van der Waals surface area contributed by atoms with Gasteiger partial charge in [0.15, 0.2) is 11.9 Å². The number of nitrogens with two attached hydrogens (primary N) is 3. The van der Waals surface area contributed by atoms with Gasteiger partial charge >= 0.3 is 0 Å². The van der Waals surface area contributed by atoms with Gasteiger partial charge in [0.2, 0.25) is 0 Å². The quantitative estimate of drug-likeness (QED) is 0.0903. The lowest BCUT2D eigenvalue weighted by atomic mass is 10.1. The van der Waals surface area contributed by atoms with Crippen LogP contribution in [0.15, 0.2) is 22.1 Å². The standard InChI is InChI=1S/C24H50N6/c1-2-3-4-5-6-7-8-9-10-11-12-13-14-15-16-17-21-29-24(27)30-22-19-18-20-28-23(25)26/h9-10H,2-8,11-22H2,1H3,(H4,25,26,28)(H3,27,29,30)/b10-9-. The topological polar surface area (TPSA) is 115 Å². The average molecular weight is 423 g/mol. The monoisotopic (exact) mass is 422 g/mol. The second-order valence-corrected chi connectivity index (χ2v) is 8.15. The maximum atomic E-state index is 5.87. The molecule has 0 fully saturated rings. The Bertz CT molecular complexity index is 441. The maximum Gasteiger partial charge on any atom is 0.188 e. The van der Waals surface area contributed by atoms with Crippen molar-refractivity contribution in [2.45, 2.75) is 110 Å². The number of aliphatic imine (C=N–C) groups is 2. The molecule has 30 heavy (non-hydrogen) atoms. The van der Waals surface area contributed by atoms with Crippen molar-refractivity contribution >= 4 is 11.9 Å². The SMILES string of the molecule is CCCCCCCC/C=C\CCCCCCCCN=C(N)NCCCCN=C(N)N. The lowest BCUT2D eigenvalue weighted by Gasteiger charge is -2.05. The Hall–Kier alpha value is -1.72. The van der Waals surface area contributed by atoms with Crippen molar-refractivity contribution in [1.29, 1.82) is 0 Å². The van der Waals surface area contributed by atoms with Crippen LogP contribution in [0.2, 0.25) is 0 Å². The highest BCUT2D eigenvalue weighted by Gasteiger charge is 1.94. The Balaban J connectivity index is 3.30. The summed E-state index contributed by atoms with van der Waals surface area (Å²) in [5, 5.41) is 3.14. The van der Waals surface area contributed by atoms with E-state index in [4.69, 9.17) is 17.2 Å². The summed E-state index contributed by atoms with van der Waals surface area (Å²) in [6.45, 7) is 4.56. The van der Waals surface area contributed by atoms with Gasteiger partial charge < -0.3 is 22.5 Å². The van der Waals surface area contributed by atoms with Crippen molar-refractivity contribution in [1.82, 2.24) is 5.32 Å². The molecule has 0 aliphatic rings. The van der Waals surface area contributed by atoms with Gasteiger partial charge in [-0.25, -0.2) is 0 Å². The van der Waals surface area contributed by atoms with Crippen molar-refractivity contribution in [3.05, 3.63) is 12.2 Å². The van der Waals surface area contributed by atoms with E-state index in [-0.39, 0.29) is 5.96 Å². The number of guanidine groups is 2. The van der Waals surface area contributed by atoms with E-state index in [0.29, 0.717) is 12.5 Å². The third-order valence-electron chi connectivity index (χ3n) is 5.14. The van der Waals surface area contributed by atoms with Crippen molar-refractivity contribution in [2.24, 2.45) is 27.2 Å². The second kappa shape index (κ2) is 23.6. The lowest BCUT2D eigenvalue weighted by Crippen LogP contribution is -2.32. The molecule has 0 rings (SSSR count). The fourth-order valence-corrected chi connectivity index (χ4v) is 3.28. The minimum Gasteiger partial charge on any atom is -0.370 e. The van der Waals surface area contributed by atoms with Gasteiger partial charge in [-0.2, -0.15) is 0 Å². The predicted octanol–water partition coefficient (Wildman–Crippen LogP) is 4.98. The molecule has 0 saturated heterocycles. The number of hydrogen-bond donors (Lipinski definition) is 4. The van der Waals surface area contributed by atoms with Crippen LogP contribution in [0.4, 0.5) is 0 Å². The first-order valence-corrected chi connectivity index (χ1v) is 12.4. The molecule has 0 aromatic heterocycles. The van der Waals surface area contributed by atoms with Gasteiger partial charge in [0, 0.05) is 19.6 Å². The largest absolute Gasteiger partial charge is 0.370 e. The maximum absolute atomic E-state index is 5.87. The van der Waals surface area contributed by atoms with Gasteiger partial charge in [0.1, 0.15) is 0 Å². The van der Waals surface area contributed by atoms with Gasteiger partial charge in [-0.1, -0.05) is 76.9 Å². The Morgan fingerprint density at radius 3 is 1.73 bits per heavy atom. The molecule has 0 aromatic rings. The van der Waals surface area contributed by atoms with Crippen molar-refractivity contribution < 1.29 is 0 Å². The molecule has 0 atom stereocenters. The van der Waals surface area contributed by atoms with Gasteiger partial charge in [0.05, 0.1) is 0 Å². The second-order valence-electron chi connectivity index (χ2n) is 8.15. The fourth-order valence-electron chi connectivity index (χ4n) is 3.28. The van der Waals surface area contributed by atoms with Crippen LogP contribution < -0.4 is 22.5 Å². The first kappa shape index (κ1) is 28.3. The molecule has 0 bridgehead atoms. The van der Waals surface area contributed by atoms with Gasteiger partial charge in [-0.3, -0.25) is 9.98 Å². The minimum atomic E-state index is 0.152. The van der Waals surface area contributed by atoms with E-state index < -0.39 is 0 Å². The van der Waals surface area contributed by atoms with E-state index in [9.17, 15) is 0 Å². The molecule has 6 nitrogen and oxygen atoms in total. The summed E-state index contributed by atoms with van der Waals surface area (Å²) in [5.74, 6) is 0.698. The van der Waals surface area contributed by atoms with Crippen LogP contribution >= 0.6 is 0 Å². The molecule has 0 aliphatic heterocycles. The smallest absolute Gasteiger partial charge is 0.188 e. The molecule has 176 valence electrons. The third kappa shape index (κ3) is 24.3. The predicted molar refractivity (Wildman–Crippen MR) is 134 cm³/mol. The van der Waals surface area contributed by atoms with Crippen molar-refractivity contribution in [2.75, 3.05) is 19.6 Å². The molecule has 0 aliphatic carbocycles. The van der Waals surface area contributed by atoms with Crippen LogP contribution in [0.3, 0.4) is 0 Å². The molecule has 0 aromatic carbocycles. The van der Waals surface area contributed by atoms with Crippen LogP contribution in [-0.4, -0.2) is 31.6 Å². The fraction of sp³-hybridized carbons (Fsp3) is 0.833. The summed E-state index contributed by atoms with van der Waals surface area (Å²) in [6.07, 6.45) is 25.2. The molecule has 7 N–H and O–H groups in total. The highest BCUT2D eigenvalue weighted by molar-refractivity contribution is 5.77. The summed E-state index contributed by atoms with van der Waals surface area (Å²) in [4.78, 5) is 8.33. The number of allylic oxidation sites excluding steroid dienone is 2. The van der Waals surface area contributed by atoms with E-state index in [1.165, 1.54) is 83.5 Å². The van der Waals surface area contributed by atoms with Crippen LogP contribution in [-0.2, 0) is 0 Å². The molecular weight excluding hydrogens is 372 g/mol. The summed E-state index contributed by atoms with van der Waals surface area (Å²) in [5.41, 5.74) is 16.4. The zero-order chi connectivity index (χ0) is 22.1. The summed E-state index contributed by atoms with van der Waals surface area (Å²) >= 11 is 0. The molecule has 0 saturated carbocycles.